The summed E-state index contributed by atoms with van der Waals surface area (Å²) in [6.45, 7) is 6.57. The fourth-order valence-electron chi connectivity index (χ4n) is 1.86. The van der Waals surface area contributed by atoms with Gasteiger partial charge in [-0.3, -0.25) is 4.79 Å². The molecule has 1 aromatic carbocycles. The first kappa shape index (κ1) is 13.4. The van der Waals surface area contributed by atoms with Crippen LogP contribution in [0, 0.1) is 11.5 Å². The molecule has 0 aliphatic rings. The zero-order chi connectivity index (χ0) is 14.2. The minimum Gasteiger partial charge on any atom is -0.398 e. The highest BCUT2D eigenvalue weighted by atomic mass is 28.3. The molecular weight excluding hydrogens is 252 g/mol. The number of nitrogens with zero attached hydrogens (tertiary/aromatic N) is 1. The standard InChI is InChI=1S/C15H18N2OSi/c1-17-14-7-6-13(16)11(9-10-19(2,3)4)12(14)5-8-15(17)18/h5-8H,16H2,1-4H3. The van der Waals surface area contributed by atoms with Gasteiger partial charge in [-0.05, 0) is 18.2 Å². The third-order valence-electron chi connectivity index (χ3n) is 2.90. The van der Waals surface area contributed by atoms with Crippen molar-refractivity contribution in [1.82, 2.24) is 4.57 Å². The normalized spacial score (nSPS) is 11.2. The Kier molecular flexibility index (Phi) is 3.25. The van der Waals surface area contributed by atoms with E-state index in [-0.39, 0.29) is 5.56 Å². The second kappa shape index (κ2) is 4.60. The monoisotopic (exact) mass is 270 g/mol. The molecule has 0 bridgehead atoms. The molecule has 0 spiro atoms. The number of rotatable bonds is 0. The van der Waals surface area contributed by atoms with E-state index in [2.05, 4.69) is 31.1 Å². The van der Waals surface area contributed by atoms with Crippen LogP contribution in [0.1, 0.15) is 5.56 Å². The Morgan fingerprint density at radius 2 is 1.84 bits per heavy atom. The molecule has 0 unspecified atom stereocenters. The van der Waals surface area contributed by atoms with E-state index >= 15 is 0 Å². The van der Waals surface area contributed by atoms with E-state index in [1.54, 1.807) is 17.7 Å². The molecule has 4 heteroatoms. The Labute approximate surface area is 114 Å². The predicted octanol–water partition coefficient (Wildman–Crippen LogP) is 2.35. The van der Waals surface area contributed by atoms with Crippen LogP contribution in [0.15, 0.2) is 29.1 Å². The molecule has 98 valence electrons. The minimum absolute atomic E-state index is 0.0265. The molecule has 0 aliphatic heterocycles. The molecule has 0 saturated heterocycles. The van der Waals surface area contributed by atoms with E-state index in [1.165, 1.54) is 0 Å². The summed E-state index contributed by atoms with van der Waals surface area (Å²) in [6.07, 6.45) is 0. The molecule has 0 fully saturated rings. The third kappa shape index (κ3) is 2.72. The molecule has 0 aliphatic carbocycles. The van der Waals surface area contributed by atoms with Gasteiger partial charge in [0, 0.05) is 24.2 Å². The smallest absolute Gasteiger partial charge is 0.250 e. The van der Waals surface area contributed by atoms with Gasteiger partial charge in [0.25, 0.3) is 5.56 Å². The van der Waals surface area contributed by atoms with Crippen LogP contribution in [-0.4, -0.2) is 12.6 Å². The van der Waals surface area contributed by atoms with Gasteiger partial charge in [0.05, 0.1) is 11.1 Å². The van der Waals surface area contributed by atoms with Gasteiger partial charge in [0.1, 0.15) is 8.07 Å². The van der Waals surface area contributed by atoms with E-state index in [9.17, 15) is 4.79 Å². The number of hydrogen-bond donors (Lipinski definition) is 1. The fourth-order valence-corrected chi connectivity index (χ4v) is 2.36. The number of aromatic nitrogens is 1. The Hall–Kier alpha value is -1.99. The highest BCUT2D eigenvalue weighted by Crippen LogP contribution is 2.22. The number of nitrogens with two attached hydrogens (primary N) is 1. The Morgan fingerprint density at radius 1 is 1.16 bits per heavy atom. The highest BCUT2D eigenvalue weighted by molar-refractivity contribution is 6.83. The second-order valence-electron chi connectivity index (χ2n) is 5.69. The van der Waals surface area contributed by atoms with E-state index in [0.29, 0.717) is 5.69 Å². The van der Waals surface area contributed by atoms with Crippen molar-refractivity contribution in [3.05, 3.63) is 40.2 Å². The van der Waals surface area contributed by atoms with Crippen molar-refractivity contribution in [1.29, 1.82) is 0 Å². The summed E-state index contributed by atoms with van der Waals surface area (Å²) in [4.78, 5) is 11.6. The molecule has 1 heterocycles. The lowest BCUT2D eigenvalue weighted by molar-refractivity contribution is 0.906. The fraction of sp³-hybridized carbons (Fsp3) is 0.267. The predicted molar refractivity (Wildman–Crippen MR) is 83.8 cm³/mol. The van der Waals surface area contributed by atoms with Gasteiger partial charge in [-0.1, -0.05) is 25.6 Å². The number of hydrogen-bond acceptors (Lipinski definition) is 2. The van der Waals surface area contributed by atoms with Crippen molar-refractivity contribution in [2.45, 2.75) is 19.6 Å². The summed E-state index contributed by atoms with van der Waals surface area (Å²) in [5.74, 6) is 3.21. The van der Waals surface area contributed by atoms with Crippen LogP contribution in [0.3, 0.4) is 0 Å². The van der Waals surface area contributed by atoms with Crippen LogP contribution in [0.2, 0.25) is 19.6 Å². The van der Waals surface area contributed by atoms with Gasteiger partial charge in [0.15, 0.2) is 0 Å². The van der Waals surface area contributed by atoms with Crippen molar-refractivity contribution in [3.8, 4) is 11.5 Å². The molecule has 0 amide bonds. The Morgan fingerprint density at radius 3 is 2.47 bits per heavy atom. The summed E-state index contributed by atoms with van der Waals surface area (Å²) in [5, 5.41) is 0.938. The number of fused-ring (bicyclic) bond motifs is 1. The number of pyridine rings is 1. The van der Waals surface area contributed by atoms with Crippen LogP contribution in [0.4, 0.5) is 5.69 Å². The molecular formula is C15H18N2OSi. The van der Waals surface area contributed by atoms with E-state index in [0.717, 1.165) is 16.5 Å². The van der Waals surface area contributed by atoms with Crippen LogP contribution < -0.4 is 11.3 Å². The van der Waals surface area contributed by atoms with Gasteiger partial charge in [0.2, 0.25) is 0 Å². The topological polar surface area (TPSA) is 48.0 Å². The van der Waals surface area contributed by atoms with Gasteiger partial charge >= 0.3 is 0 Å². The average molecular weight is 270 g/mol. The summed E-state index contributed by atoms with van der Waals surface area (Å²) in [6, 6.07) is 7.05. The first-order valence-corrected chi connectivity index (χ1v) is 9.71. The maximum atomic E-state index is 11.6. The van der Waals surface area contributed by atoms with Crippen molar-refractivity contribution in [3.63, 3.8) is 0 Å². The SMILES string of the molecule is Cn1c(=O)ccc2c(C#C[Si](C)(C)C)c(N)ccc21. The lowest BCUT2D eigenvalue weighted by Crippen LogP contribution is -2.17. The molecule has 3 nitrogen and oxygen atoms in total. The zero-order valence-corrected chi connectivity index (χ0v) is 12.7. The average Bonchev–Trinajstić information content (AvgIpc) is 2.31. The van der Waals surface area contributed by atoms with Crippen molar-refractivity contribution < 1.29 is 0 Å². The maximum absolute atomic E-state index is 11.6. The van der Waals surface area contributed by atoms with Crippen LogP contribution in [0.25, 0.3) is 10.9 Å². The second-order valence-corrected chi connectivity index (χ2v) is 10.4. The van der Waals surface area contributed by atoms with Crippen LogP contribution in [-0.2, 0) is 7.05 Å². The first-order chi connectivity index (χ1) is 8.79. The van der Waals surface area contributed by atoms with Gasteiger partial charge in [-0.15, -0.1) is 5.54 Å². The van der Waals surface area contributed by atoms with Crippen molar-refractivity contribution in [2.24, 2.45) is 7.05 Å². The van der Waals surface area contributed by atoms with E-state index < -0.39 is 8.07 Å². The molecule has 0 atom stereocenters. The molecule has 19 heavy (non-hydrogen) atoms. The number of anilines is 1. The van der Waals surface area contributed by atoms with Crippen LogP contribution >= 0.6 is 0 Å². The number of nitrogen functional groups attached to an aromatic ring is 1. The van der Waals surface area contributed by atoms with Crippen molar-refractivity contribution >= 4 is 24.7 Å². The summed E-state index contributed by atoms with van der Waals surface area (Å²) >= 11 is 0. The minimum atomic E-state index is -1.46. The summed E-state index contributed by atoms with van der Waals surface area (Å²) < 4.78 is 1.62. The van der Waals surface area contributed by atoms with Crippen LogP contribution in [0.5, 0.6) is 0 Å². The number of aryl methyl sites for hydroxylation is 1. The lowest BCUT2D eigenvalue weighted by atomic mass is 10.1. The Balaban J connectivity index is 2.79. The van der Waals surface area contributed by atoms with Gasteiger partial charge in [-0.25, -0.2) is 0 Å². The summed E-state index contributed by atoms with van der Waals surface area (Å²) in [5.41, 5.74) is 11.7. The maximum Gasteiger partial charge on any atom is 0.250 e. The quantitative estimate of drug-likeness (QED) is 0.454. The third-order valence-corrected chi connectivity index (χ3v) is 3.78. The van der Waals surface area contributed by atoms with Gasteiger partial charge in [-0.2, -0.15) is 0 Å². The van der Waals surface area contributed by atoms with Gasteiger partial charge < -0.3 is 10.3 Å². The highest BCUT2D eigenvalue weighted by Gasteiger charge is 2.10. The zero-order valence-electron chi connectivity index (χ0n) is 11.7. The molecule has 0 saturated carbocycles. The lowest BCUT2D eigenvalue weighted by Gasteiger charge is -2.09. The van der Waals surface area contributed by atoms with E-state index in [1.807, 2.05) is 18.2 Å². The van der Waals surface area contributed by atoms with Crippen molar-refractivity contribution in [2.75, 3.05) is 5.73 Å². The summed E-state index contributed by atoms with van der Waals surface area (Å²) in [7, 11) is 0.300. The largest absolute Gasteiger partial charge is 0.398 e. The first-order valence-electron chi connectivity index (χ1n) is 6.21. The molecule has 2 aromatic rings. The molecule has 2 N–H and O–H groups in total. The molecule has 1 aromatic heterocycles. The number of benzene rings is 1. The Bertz CT molecular complexity index is 758. The molecule has 0 radical (unpaired) electrons. The van der Waals surface area contributed by atoms with E-state index in [4.69, 9.17) is 5.73 Å². The molecule has 2 rings (SSSR count).